The van der Waals surface area contributed by atoms with Crippen LogP contribution in [0.1, 0.15) is 59.1 Å². The zero-order valence-corrected chi connectivity index (χ0v) is 26.8. The van der Waals surface area contributed by atoms with Crippen molar-refractivity contribution in [3.8, 4) is 28.7 Å². The molecule has 1 N–H and O–H groups in total. The average molecular weight is 646 g/mol. The lowest BCUT2D eigenvalue weighted by atomic mass is 9.93. The van der Waals surface area contributed by atoms with Crippen LogP contribution < -0.4 is 5.32 Å². The Morgan fingerprint density at radius 1 is 0.958 bits per heavy atom. The van der Waals surface area contributed by atoms with Gasteiger partial charge in [0.05, 0.1) is 11.6 Å². The number of pyridine rings is 1. The van der Waals surface area contributed by atoms with Crippen molar-refractivity contribution in [1.29, 1.82) is 5.26 Å². The number of halogens is 2. The highest BCUT2D eigenvalue weighted by atomic mass is 19.3. The molecule has 1 fully saturated rings. The van der Waals surface area contributed by atoms with Gasteiger partial charge in [-0.05, 0) is 104 Å². The molecular weight excluding hydrogens is 612 g/mol. The van der Waals surface area contributed by atoms with Crippen LogP contribution in [0.25, 0.3) is 44.7 Å². The zero-order valence-electron chi connectivity index (χ0n) is 26.8. The summed E-state index contributed by atoms with van der Waals surface area (Å²) in [5, 5.41) is 10.6. The zero-order chi connectivity index (χ0) is 33.8. The minimum atomic E-state index is -2.83. The van der Waals surface area contributed by atoms with Gasteiger partial charge < -0.3 is 9.73 Å². The number of nitrogens with one attached hydrogen (secondary N) is 1. The number of anilines is 2. The number of nitriles is 1. The average Bonchev–Trinajstić information content (AvgIpc) is 3.76. The highest BCUT2D eigenvalue weighted by Gasteiger charge is 2.20. The van der Waals surface area contributed by atoms with Gasteiger partial charge >= 0.3 is 0 Å². The van der Waals surface area contributed by atoms with Crippen molar-refractivity contribution in [2.24, 2.45) is 0 Å². The second-order valence-electron chi connectivity index (χ2n) is 11.6. The van der Waals surface area contributed by atoms with E-state index in [1.165, 1.54) is 6.92 Å². The maximum Gasteiger partial charge on any atom is 0.297 e. The maximum atomic E-state index is 13.9. The molecule has 0 radical (unpaired) electrons. The van der Waals surface area contributed by atoms with Crippen molar-refractivity contribution in [2.75, 3.05) is 18.4 Å². The van der Waals surface area contributed by atoms with Crippen LogP contribution in [-0.2, 0) is 6.54 Å². The minimum absolute atomic E-state index is 0.231. The van der Waals surface area contributed by atoms with Crippen LogP contribution >= 0.6 is 0 Å². The normalized spacial score (nSPS) is 13.0. The van der Waals surface area contributed by atoms with Gasteiger partial charge in [-0.2, -0.15) is 5.26 Å². The Morgan fingerprint density at radius 3 is 2.40 bits per heavy atom. The van der Waals surface area contributed by atoms with Gasteiger partial charge in [-0.3, -0.25) is 14.7 Å². The van der Waals surface area contributed by atoms with E-state index in [9.17, 15) is 13.6 Å². The predicted octanol–water partition coefficient (Wildman–Crippen LogP) is 8.74. The number of fused-ring (bicyclic) bond motifs is 2. The first kappa shape index (κ1) is 32.3. The van der Waals surface area contributed by atoms with Crippen LogP contribution in [0.4, 0.5) is 20.3 Å². The number of aromatic nitrogens is 4. The van der Waals surface area contributed by atoms with Gasteiger partial charge in [0, 0.05) is 36.5 Å². The Morgan fingerprint density at radius 2 is 1.67 bits per heavy atom. The van der Waals surface area contributed by atoms with Crippen LogP contribution in [0.5, 0.6) is 0 Å². The van der Waals surface area contributed by atoms with Crippen molar-refractivity contribution >= 4 is 39.9 Å². The molecule has 242 valence electrons. The number of alkyl halides is 2. The molecule has 0 aliphatic carbocycles. The van der Waals surface area contributed by atoms with E-state index in [-0.39, 0.29) is 5.82 Å². The van der Waals surface area contributed by atoms with Gasteiger partial charge in [-0.1, -0.05) is 24.3 Å². The lowest BCUT2D eigenvalue weighted by Crippen LogP contribution is -2.18. The second-order valence-corrected chi connectivity index (χ2v) is 11.6. The largest absolute Gasteiger partial charge is 0.436 e. The van der Waals surface area contributed by atoms with Gasteiger partial charge in [0.2, 0.25) is 5.89 Å². The van der Waals surface area contributed by atoms with Crippen molar-refractivity contribution in [3.63, 3.8) is 0 Å². The number of oxazole rings is 1. The molecule has 3 aromatic heterocycles. The first-order chi connectivity index (χ1) is 23.3. The van der Waals surface area contributed by atoms with Crippen LogP contribution in [-0.4, -0.2) is 44.2 Å². The van der Waals surface area contributed by atoms with Gasteiger partial charge in [0.15, 0.2) is 17.2 Å². The molecule has 0 saturated carbocycles. The third kappa shape index (κ3) is 6.61. The summed E-state index contributed by atoms with van der Waals surface area (Å²) >= 11 is 0. The van der Waals surface area contributed by atoms with E-state index in [1.54, 1.807) is 30.5 Å². The minimum Gasteiger partial charge on any atom is -0.436 e. The smallest absolute Gasteiger partial charge is 0.297 e. The molecule has 0 bridgehead atoms. The van der Waals surface area contributed by atoms with Crippen molar-refractivity contribution < 1.29 is 18.0 Å². The van der Waals surface area contributed by atoms with Crippen molar-refractivity contribution in [1.82, 2.24) is 24.8 Å². The van der Waals surface area contributed by atoms with Crippen LogP contribution in [0.2, 0.25) is 0 Å². The highest BCUT2D eigenvalue weighted by Crippen LogP contribution is 2.37. The Labute approximate surface area is 276 Å². The van der Waals surface area contributed by atoms with Crippen molar-refractivity contribution in [2.45, 2.75) is 46.6 Å². The fraction of sp³-hybridized carbons (Fsp3) is 0.243. The summed E-state index contributed by atoms with van der Waals surface area (Å²) in [6.45, 7) is 8.16. The summed E-state index contributed by atoms with van der Waals surface area (Å²) < 4.78 is 33.9. The standard InChI is InChI=1S/C35H30F2N6O2.C2H3N/c1-20-24(7-5-9-26(20)35-41-28-15-22(19-44)11-12-30(28)45-35)25-8-6-10-27(21(25)2)39-33-31-29(40-34(42-33)32(36)37)16-23(17-38-31)18-43-13-3-4-14-43;1-2-3/h5-12,15-17,19,32H,3-4,13-14,18H2,1-2H3,(H,39,40,42);1H3. The first-order valence-corrected chi connectivity index (χ1v) is 15.6. The highest BCUT2D eigenvalue weighted by molar-refractivity contribution is 5.90. The summed E-state index contributed by atoms with van der Waals surface area (Å²) in [5.74, 6) is 0.150. The third-order valence-electron chi connectivity index (χ3n) is 8.40. The number of carbonyl (C=O) groups is 1. The molecule has 6 aromatic rings. The van der Waals surface area contributed by atoms with Gasteiger partial charge in [0.25, 0.3) is 6.43 Å². The number of rotatable bonds is 8. The third-order valence-corrected chi connectivity index (χ3v) is 8.40. The quantitative estimate of drug-likeness (QED) is 0.162. The van der Waals surface area contributed by atoms with Crippen molar-refractivity contribution in [3.05, 3.63) is 94.9 Å². The molecule has 1 aliphatic rings. The molecule has 7 rings (SSSR count). The molecule has 48 heavy (non-hydrogen) atoms. The monoisotopic (exact) mass is 645 g/mol. The van der Waals surface area contributed by atoms with E-state index in [4.69, 9.17) is 9.68 Å². The molecule has 1 saturated heterocycles. The topological polar surface area (TPSA) is 121 Å². The first-order valence-electron chi connectivity index (χ1n) is 15.6. The van der Waals surface area contributed by atoms with Gasteiger partial charge in [-0.15, -0.1) is 0 Å². The molecule has 11 heteroatoms. The summed E-state index contributed by atoms with van der Waals surface area (Å²) in [6.07, 6.45) is 2.06. The molecule has 0 spiro atoms. The van der Waals surface area contributed by atoms with Gasteiger partial charge in [-0.25, -0.2) is 23.7 Å². The fourth-order valence-electron chi connectivity index (χ4n) is 6.03. The Bertz CT molecular complexity index is 2170. The van der Waals surface area contributed by atoms with Gasteiger partial charge in [0.1, 0.15) is 17.3 Å². The number of hydrogen-bond acceptors (Lipinski definition) is 9. The summed E-state index contributed by atoms with van der Waals surface area (Å²) in [7, 11) is 0. The van der Waals surface area contributed by atoms with E-state index < -0.39 is 12.2 Å². The van der Waals surface area contributed by atoms with Crippen LogP contribution in [0.15, 0.2) is 71.3 Å². The number of aldehydes is 1. The molecule has 1 aliphatic heterocycles. The van der Waals surface area contributed by atoms with Crippen LogP contribution in [0.3, 0.4) is 0 Å². The van der Waals surface area contributed by atoms with E-state index in [0.717, 1.165) is 65.6 Å². The number of carbonyl (C=O) groups excluding carboxylic acids is 1. The number of likely N-dealkylation sites (tertiary alicyclic amines) is 1. The number of nitrogens with zero attached hydrogens (tertiary/aromatic N) is 6. The second kappa shape index (κ2) is 14.0. The fourth-order valence-corrected chi connectivity index (χ4v) is 6.03. The maximum absolute atomic E-state index is 13.9. The van der Waals surface area contributed by atoms with E-state index >= 15 is 0 Å². The predicted molar refractivity (Wildman–Crippen MR) is 181 cm³/mol. The SMILES string of the molecule is CC#N.Cc1c(Nc2nc(C(F)F)nc3cc(CN4CCCC4)cnc23)cccc1-c1cccc(-c2nc3cc(C=O)ccc3o2)c1C. The molecule has 0 amide bonds. The molecule has 3 aromatic carbocycles. The molecule has 4 heterocycles. The Balaban J connectivity index is 0.00000129. The Hall–Kier alpha value is -5.60. The summed E-state index contributed by atoms with van der Waals surface area (Å²) in [5.41, 5.74) is 8.81. The van der Waals surface area contributed by atoms with E-state index in [2.05, 4.69) is 30.2 Å². The number of hydrogen-bond donors (Lipinski definition) is 1. The molecule has 9 nitrogen and oxygen atoms in total. The lowest BCUT2D eigenvalue weighted by molar-refractivity contribution is 0.112. The molecule has 0 unspecified atom stereocenters. The lowest BCUT2D eigenvalue weighted by Gasteiger charge is -2.17. The van der Waals surface area contributed by atoms with E-state index in [1.807, 2.05) is 56.3 Å². The van der Waals surface area contributed by atoms with E-state index in [0.29, 0.717) is 45.8 Å². The summed E-state index contributed by atoms with van der Waals surface area (Å²) in [6, 6.07) is 20.5. The van der Waals surface area contributed by atoms with Crippen LogP contribution in [0, 0.1) is 25.2 Å². The molecule has 0 atom stereocenters. The number of benzene rings is 3. The molecular formula is C37H33F2N7O2. The Kier molecular flexibility index (Phi) is 9.45. The summed E-state index contributed by atoms with van der Waals surface area (Å²) in [4.78, 5) is 31.2.